The summed E-state index contributed by atoms with van der Waals surface area (Å²) in [5.74, 6) is 0.829. The molecule has 0 bridgehead atoms. The Kier molecular flexibility index (Phi) is 2.94. The Bertz CT molecular complexity index is 121. The maximum absolute atomic E-state index is 5.59. The molecule has 0 aromatic rings. The summed E-state index contributed by atoms with van der Waals surface area (Å²) in [6.07, 6.45) is 7.74. The SMILES string of the molecule is C/C=C(\CN)C1CCCC1. The van der Waals surface area contributed by atoms with Crippen LogP contribution in [-0.2, 0) is 0 Å². The molecule has 1 fully saturated rings. The van der Waals surface area contributed by atoms with E-state index in [-0.39, 0.29) is 0 Å². The van der Waals surface area contributed by atoms with Crippen LogP contribution in [0.4, 0.5) is 0 Å². The van der Waals surface area contributed by atoms with Crippen LogP contribution in [0.1, 0.15) is 32.6 Å². The zero-order valence-corrected chi connectivity index (χ0v) is 6.77. The second-order valence-corrected chi connectivity index (χ2v) is 3.05. The number of allylic oxidation sites excluding steroid dienone is 1. The Balaban J connectivity index is 2.45. The van der Waals surface area contributed by atoms with E-state index in [0.29, 0.717) is 0 Å². The van der Waals surface area contributed by atoms with E-state index in [1.165, 1.54) is 31.3 Å². The zero-order valence-electron chi connectivity index (χ0n) is 6.77. The molecule has 1 rings (SSSR count). The van der Waals surface area contributed by atoms with Crippen molar-refractivity contribution in [3.63, 3.8) is 0 Å². The molecule has 0 aromatic heterocycles. The van der Waals surface area contributed by atoms with Gasteiger partial charge in [0.2, 0.25) is 0 Å². The quantitative estimate of drug-likeness (QED) is 0.582. The summed E-state index contributed by atoms with van der Waals surface area (Å²) >= 11 is 0. The average Bonchev–Trinajstić information content (AvgIpc) is 2.43. The predicted molar refractivity (Wildman–Crippen MR) is 44.8 cm³/mol. The fraction of sp³-hybridized carbons (Fsp3) is 0.778. The largest absolute Gasteiger partial charge is 0.327 e. The van der Waals surface area contributed by atoms with Gasteiger partial charge in [-0.1, -0.05) is 24.5 Å². The molecule has 0 atom stereocenters. The highest BCUT2D eigenvalue weighted by molar-refractivity contribution is 5.08. The fourth-order valence-electron chi connectivity index (χ4n) is 1.82. The highest BCUT2D eigenvalue weighted by Crippen LogP contribution is 2.30. The van der Waals surface area contributed by atoms with E-state index in [4.69, 9.17) is 5.73 Å². The molecular weight excluding hydrogens is 122 g/mol. The van der Waals surface area contributed by atoms with Crippen LogP contribution in [0.3, 0.4) is 0 Å². The van der Waals surface area contributed by atoms with Crippen LogP contribution >= 0.6 is 0 Å². The van der Waals surface area contributed by atoms with Crippen molar-refractivity contribution in [2.75, 3.05) is 6.54 Å². The molecule has 1 saturated carbocycles. The van der Waals surface area contributed by atoms with Crippen LogP contribution < -0.4 is 5.73 Å². The van der Waals surface area contributed by atoms with Gasteiger partial charge >= 0.3 is 0 Å². The molecule has 0 unspecified atom stereocenters. The molecule has 1 nitrogen and oxygen atoms in total. The minimum absolute atomic E-state index is 0.765. The van der Waals surface area contributed by atoms with Crippen molar-refractivity contribution in [1.82, 2.24) is 0 Å². The summed E-state index contributed by atoms with van der Waals surface area (Å²) < 4.78 is 0. The van der Waals surface area contributed by atoms with Gasteiger partial charge < -0.3 is 5.73 Å². The van der Waals surface area contributed by atoms with Crippen molar-refractivity contribution in [2.24, 2.45) is 11.7 Å². The molecule has 0 amide bonds. The second-order valence-electron chi connectivity index (χ2n) is 3.05. The Morgan fingerprint density at radius 2 is 2.10 bits per heavy atom. The van der Waals surface area contributed by atoms with E-state index in [0.717, 1.165) is 12.5 Å². The van der Waals surface area contributed by atoms with E-state index in [2.05, 4.69) is 13.0 Å². The molecule has 0 aromatic carbocycles. The molecule has 2 N–H and O–H groups in total. The van der Waals surface area contributed by atoms with Gasteiger partial charge in [0.05, 0.1) is 0 Å². The summed E-state index contributed by atoms with van der Waals surface area (Å²) in [6, 6.07) is 0. The molecule has 0 heterocycles. The van der Waals surface area contributed by atoms with E-state index in [1.807, 2.05) is 0 Å². The van der Waals surface area contributed by atoms with Gasteiger partial charge in [-0.15, -0.1) is 0 Å². The third-order valence-electron chi connectivity index (χ3n) is 2.49. The third-order valence-corrected chi connectivity index (χ3v) is 2.49. The average molecular weight is 139 g/mol. The topological polar surface area (TPSA) is 26.0 Å². The monoisotopic (exact) mass is 139 g/mol. The van der Waals surface area contributed by atoms with Crippen LogP contribution in [-0.4, -0.2) is 6.54 Å². The van der Waals surface area contributed by atoms with E-state index < -0.39 is 0 Å². The van der Waals surface area contributed by atoms with E-state index in [9.17, 15) is 0 Å². The van der Waals surface area contributed by atoms with Crippen molar-refractivity contribution in [3.05, 3.63) is 11.6 Å². The number of hydrogen-bond donors (Lipinski definition) is 1. The first-order valence-electron chi connectivity index (χ1n) is 4.23. The van der Waals surface area contributed by atoms with Gasteiger partial charge in [-0.3, -0.25) is 0 Å². The lowest BCUT2D eigenvalue weighted by Crippen LogP contribution is -2.10. The predicted octanol–water partition coefficient (Wildman–Crippen LogP) is 2.08. The van der Waals surface area contributed by atoms with E-state index >= 15 is 0 Å². The normalized spacial score (nSPS) is 22.0. The molecule has 0 saturated heterocycles. The van der Waals surface area contributed by atoms with Gasteiger partial charge in [0.15, 0.2) is 0 Å². The summed E-state index contributed by atoms with van der Waals surface area (Å²) in [7, 11) is 0. The third kappa shape index (κ3) is 1.60. The summed E-state index contributed by atoms with van der Waals surface area (Å²) in [4.78, 5) is 0. The first-order valence-corrected chi connectivity index (χ1v) is 4.23. The molecular formula is C9H17N. The van der Waals surface area contributed by atoms with Gasteiger partial charge in [0, 0.05) is 6.54 Å². The Morgan fingerprint density at radius 1 is 1.50 bits per heavy atom. The van der Waals surface area contributed by atoms with Crippen molar-refractivity contribution in [3.8, 4) is 0 Å². The van der Waals surface area contributed by atoms with Gasteiger partial charge in [-0.05, 0) is 25.7 Å². The lowest BCUT2D eigenvalue weighted by Gasteiger charge is -2.10. The molecule has 58 valence electrons. The highest BCUT2D eigenvalue weighted by Gasteiger charge is 2.16. The van der Waals surface area contributed by atoms with Crippen molar-refractivity contribution in [2.45, 2.75) is 32.6 Å². The Labute approximate surface area is 63.3 Å². The standard InChI is InChI=1S/C9H17N/c1-2-8(7-10)9-5-3-4-6-9/h2,9H,3-7,10H2,1H3/b8-2+. The molecule has 1 aliphatic rings. The maximum Gasteiger partial charge on any atom is 0.0139 e. The number of hydrogen-bond acceptors (Lipinski definition) is 1. The van der Waals surface area contributed by atoms with Crippen molar-refractivity contribution >= 4 is 0 Å². The Morgan fingerprint density at radius 3 is 2.50 bits per heavy atom. The summed E-state index contributed by atoms with van der Waals surface area (Å²) in [5, 5.41) is 0. The van der Waals surface area contributed by atoms with Crippen LogP contribution in [0.25, 0.3) is 0 Å². The van der Waals surface area contributed by atoms with Gasteiger partial charge in [0.25, 0.3) is 0 Å². The first kappa shape index (κ1) is 7.80. The lowest BCUT2D eigenvalue weighted by atomic mass is 9.98. The smallest absolute Gasteiger partial charge is 0.0139 e. The van der Waals surface area contributed by atoms with Crippen molar-refractivity contribution < 1.29 is 0 Å². The van der Waals surface area contributed by atoms with Gasteiger partial charge in [-0.2, -0.15) is 0 Å². The minimum atomic E-state index is 0.765. The maximum atomic E-state index is 5.59. The fourth-order valence-corrected chi connectivity index (χ4v) is 1.82. The summed E-state index contributed by atoms with van der Waals surface area (Å²) in [5.41, 5.74) is 7.06. The first-order chi connectivity index (χ1) is 4.88. The van der Waals surface area contributed by atoms with E-state index in [1.54, 1.807) is 0 Å². The number of nitrogens with two attached hydrogens (primary N) is 1. The summed E-state index contributed by atoms with van der Waals surface area (Å²) in [6.45, 7) is 2.86. The van der Waals surface area contributed by atoms with Crippen molar-refractivity contribution in [1.29, 1.82) is 0 Å². The molecule has 0 spiro atoms. The van der Waals surface area contributed by atoms with Crippen LogP contribution in [0.15, 0.2) is 11.6 Å². The Hall–Kier alpha value is -0.300. The van der Waals surface area contributed by atoms with Crippen LogP contribution in [0.2, 0.25) is 0 Å². The van der Waals surface area contributed by atoms with Gasteiger partial charge in [-0.25, -0.2) is 0 Å². The molecule has 0 aliphatic heterocycles. The van der Waals surface area contributed by atoms with Crippen LogP contribution in [0, 0.1) is 5.92 Å². The molecule has 1 aliphatic carbocycles. The lowest BCUT2D eigenvalue weighted by molar-refractivity contribution is 0.628. The second kappa shape index (κ2) is 3.77. The van der Waals surface area contributed by atoms with Crippen LogP contribution in [0.5, 0.6) is 0 Å². The van der Waals surface area contributed by atoms with Gasteiger partial charge in [0.1, 0.15) is 0 Å². The zero-order chi connectivity index (χ0) is 7.40. The molecule has 1 heteroatoms. The number of rotatable bonds is 2. The molecule has 0 radical (unpaired) electrons. The minimum Gasteiger partial charge on any atom is -0.327 e. The highest BCUT2D eigenvalue weighted by atomic mass is 14.5. The molecule has 10 heavy (non-hydrogen) atoms.